The van der Waals surface area contributed by atoms with Crippen molar-refractivity contribution < 1.29 is 38.9 Å². The average Bonchev–Trinajstić information content (AvgIpc) is 2.65. The van der Waals surface area contributed by atoms with Gasteiger partial charge in [0.2, 0.25) is 0 Å². The number of aliphatic carboxylic acids is 2. The van der Waals surface area contributed by atoms with Gasteiger partial charge >= 0.3 is 23.9 Å². The van der Waals surface area contributed by atoms with E-state index in [0.29, 0.717) is 13.2 Å². The molecule has 168 valence electrons. The Bertz CT molecular complexity index is 523. The predicted octanol–water partition coefficient (Wildman–Crippen LogP) is 3.52. The van der Waals surface area contributed by atoms with Gasteiger partial charge in [-0.1, -0.05) is 33.1 Å². The van der Waals surface area contributed by atoms with Gasteiger partial charge in [0.1, 0.15) is 0 Å². The summed E-state index contributed by atoms with van der Waals surface area (Å²) in [5, 5.41) is 17.5. The molecule has 29 heavy (non-hydrogen) atoms. The van der Waals surface area contributed by atoms with Crippen LogP contribution in [0.2, 0.25) is 0 Å². The van der Waals surface area contributed by atoms with Crippen LogP contribution in [0.5, 0.6) is 0 Å². The average molecular weight is 417 g/mol. The van der Waals surface area contributed by atoms with E-state index in [4.69, 9.17) is 19.7 Å². The van der Waals surface area contributed by atoms with Crippen LogP contribution in [-0.2, 0) is 28.7 Å². The minimum atomic E-state index is -1.01. The van der Waals surface area contributed by atoms with Crippen LogP contribution >= 0.6 is 0 Å². The maximum Gasteiger partial charge on any atom is 0.309 e. The molecule has 1 aliphatic rings. The highest BCUT2D eigenvalue weighted by atomic mass is 16.5. The van der Waals surface area contributed by atoms with Crippen molar-refractivity contribution in [2.75, 3.05) is 13.2 Å². The van der Waals surface area contributed by atoms with E-state index in [1.165, 1.54) is 0 Å². The zero-order valence-electron chi connectivity index (χ0n) is 18.0. The minimum Gasteiger partial charge on any atom is -0.481 e. The van der Waals surface area contributed by atoms with Crippen LogP contribution in [0.25, 0.3) is 0 Å². The number of carbonyl (C=O) groups excluding carboxylic acids is 2. The van der Waals surface area contributed by atoms with Gasteiger partial charge in [-0.3, -0.25) is 19.2 Å². The molecule has 0 bridgehead atoms. The van der Waals surface area contributed by atoms with Crippen molar-refractivity contribution in [2.24, 2.45) is 23.7 Å². The Morgan fingerprint density at radius 1 is 0.897 bits per heavy atom. The van der Waals surface area contributed by atoms with Crippen molar-refractivity contribution in [3.8, 4) is 0 Å². The van der Waals surface area contributed by atoms with Crippen LogP contribution in [0.1, 0.15) is 72.6 Å². The molecule has 0 amide bonds. The lowest BCUT2D eigenvalue weighted by Crippen LogP contribution is -2.27. The lowest BCUT2D eigenvalue weighted by molar-refractivity contribution is -0.156. The molecule has 0 aliphatic heterocycles. The molecule has 0 radical (unpaired) electrons. The van der Waals surface area contributed by atoms with Crippen molar-refractivity contribution in [3.05, 3.63) is 0 Å². The van der Waals surface area contributed by atoms with Crippen molar-refractivity contribution in [1.82, 2.24) is 0 Å². The summed E-state index contributed by atoms with van der Waals surface area (Å²) in [6.07, 6.45) is 4.82. The highest BCUT2D eigenvalue weighted by Gasteiger charge is 2.31. The van der Waals surface area contributed by atoms with E-state index in [-0.39, 0.29) is 36.6 Å². The quantitative estimate of drug-likeness (QED) is 0.518. The zero-order valence-corrected chi connectivity index (χ0v) is 18.0. The van der Waals surface area contributed by atoms with Crippen LogP contribution in [0.15, 0.2) is 0 Å². The molecular weight excluding hydrogens is 380 g/mol. The SMILES string of the molecule is CCOC(=O)CC(C(=O)OCC)C(C)C.O=C(O)CC(C(=O)O)C1CCCCC1. The van der Waals surface area contributed by atoms with E-state index in [2.05, 4.69) is 0 Å². The van der Waals surface area contributed by atoms with Gasteiger partial charge in [-0.05, 0) is 38.5 Å². The van der Waals surface area contributed by atoms with Gasteiger partial charge in [-0.2, -0.15) is 0 Å². The van der Waals surface area contributed by atoms with Crippen molar-refractivity contribution in [1.29, 1.82) is 0 Å². The van der Waals surface area contributed by atoms with Gasteiger partial charge in [-0.25, -0.2) is 0 Å². The molecule has 2 atom stereocenters. The maximum atomic E-state index is 11.5. The molecular formula is C21H36O8. The lowest BCUT2D eigenvalue weighted by Gasteiger charge is -2.26. The van der Waals surface area contributed by atoms with E-state index >= 15 is 0 Å². The van der Waals surface area contributed by atoms with Gasteiger partial charge in [0.05, 0.1) is 37.9 Å². The standard InChI is InChI=1S/C11H20O4.C10H16O4/c1-5-14-10(12)7-9(8(3)4)11(13)15-6-2;11-9(12)6-8(10(13)14)7-4-2-1-3-5-7/h8-9H,5-7H2,1-4H3;7-8H,1-6H2,(H,11,12)(H,13,14). The van der Waals surface area contributed by atoms with E-state index in [9.17, 15) is 19.2 Å². The number of carboxylic acid groups (broad SMARTS) is 2. The fourth-order valence-electron chi connectivity index (χ4n) is 3.42. The van der Waals surface area contributed by atoms with E-state index < -0.39 is 23.8 Å². The number of esters is 2. The van der Waals surface area contributed by atoms with Crippen LogP contribution in [0, 0.1) is 23.7 Å². The molecule has 2 unspecified atom stereocenters. The van der Waals surface area contributed by atoms with Crippen LogP contribution in [-0.4, -0.2) is 47.3 Å². The molecule has 8 heteroatoms. The third-order valence-corrected chi connectivity index (χ3v) is 5.02. The van der Waals surface area contributed by atoms with Crippen molar-refractivity contribution in [3.63, 3.8) is 0 Å². The third kappa shape index (κ3) is 11.5. The first kappa shape index (κ1) is 26.9. The molecule has 8 nitrogen and oxygen atoms in total. The highest BCUT2D eigenvalue weighted by Crippen LogP contribution is 2.31. The summed E-state index contributed by atoms with van der Waals surface area (Å²) in [7, 11) is 0. The normalized spacial score (nSPS) is 16.2. The first-order valence-corrected chi connectivity index (χ1v) is 10.4. The molecule has 1 fully saturated rings. The summed E-state index contributed by atoms with van der Waals surface area (Å²) in [5.41, 5.74) is 0. The molecule has 0 aromatic rings. The molecule has 0 heterocycles. The lowest BCUT2D eigenvalue weighted by atomic mass is 9.78. The van der Waals surface area contributed by atoms with Gasteiger partial charge in [0.25, 0.3) is 0 Å². The Labute approximate surface area is 172 Å². The summed E-state index contributed by atoms with van der Waals surface area (Å²) in [4.78, 5) is 44.1. The number of hydrogen-bond acceptors (Lipinski definition) is 6. The van der Waals surface area contributed by atoms with Crippen molar-refractivity contribution >= 4 is 23.9 Å². The van der Waals surface area contributed by atoms with Crippen molar-refractivity contribution in [2.45, 2.75) is 72.6 Å². The summed E-state index contributed by atoms with van der Waals surface area (Å²) >= 11 is 0. The van der Waals surface area contributed by atoms with Gasteiger partial charge in [0.15, 0.2) is 0 Å². The second kappa shape index (κ2) is 14.8. The number of carboxylic acids is 2. The second-order valence-corrected chi connectivity index (χ2v) is 7.55. The maximum absolute atomic E-state index is 11.5. The molecule has 1 saturated carbocycles. The van der Waals surface area contributed by atoms with E-state index in [0.717, 1.165) is 32.1 Å². The van der Waals surface area contributed by atoms with E-state index in [1.807, 2.05) is 13.8 Å². The largest absolute Gasteiger partial charge is 0.481 e. The molecule has 1 rings (SSSR count). The van der Waals surface area contributed by atoms with Gasteiger partial charge in [-0.15, -0.1) is 0 Å². The Balaban J connectivity index is 0.000000541. The smallest absolute Gasteiger partial charge is 0.309 e. The van der Waals surface area contributed by atoms with E-state index in [1.54, 1.807) is 13.8 Å². The fraction of sp³-hybridized carbons (Fsp3) is 0.810. The first-order valence-electron chi connectivity index (χ1n) is 10.4. The number of rotatable bonds is 10. The fourth-order valence-corrected chi connectivity index (χ4v) is 3.42. The molecule has 2 N–H and O–H groups in total. The second-order valence-electron chi connectivity index (χ2n) is 7.55. The number of carbonyl (C=O) groups is 4. The summed E-state index contributed by atoms with van der Waals surface area (Å²) in [6, 6.07) is 0. The minimum absolute atomic E-state index is 0.0670. The third-order valence-electron chi connectivity index (χ3n) is 5.02. The summed E-state index contributed by atoms with van der Waals surface area (Å²) in [6.45, 7) is 7.95. The molecule has 0 spiro atoms. The van der Waals surface area contributed by atoms with Crippen LogP contribution in [0.3, 0.4) is 0 Å². The molecule has 0 aromatic heterocycles. The van der Waals surface area contributed by atoms with Crippen LogP contribution in [0.4, 0.5) is 0 Å². The Kier molecular flexibility index (Phi) is 13.7. The van der Waals surface area contributed by atoms with Gasteiger partial charge < -0.3 is 19.7 Å². The summed E-state index contributed by atoms with van der Waals surface area (Å²) in [5.74, 6) is -3.57. The number of ether oxygens (including phenoxy) is 2. The topological polar surface area (TPSA) is 127 Å². The summed E-state index contributed by atoms with van der Waals surface area (Å²) < 4.78 is 9.70. The zero-order chi connectivity index (χ0) is 22.4. The van der Waals surface area contributed by atoms with Gasteiger partial charge in [0, 0.05) is 0 Å². The predicted molar refractivity (Wildman–Crippen MR) is 106 cm³/mol. The van der Waals surface area contributed by atoms with Crippen LogP contribution < -0.4 is 0 Å². The monoisotopic (exact) mass is 416 g/mol. The molecule has 1 aliphatic carbocycles. The Hall–Kier alpha value is -2.12. The molecule has 0 aromatic carbocycles. The first-order chi connectivity index (χ1) is 13.6. The Morgan fingerprint density at radius 2 is 1.45 bits per heavy atom. The Morgan fingerprint density at radius 3 is 1.86 bits per heavy atom. The number of hydrogen-bond donors (Lipinski definition) is 2. The highest BCUT2D eigenvalue weighted by molar-refractivity contribution is 5.80. The molecule has 0 saturated heterocycles.